The lowest BCUT2D eigenvalue weighted by molar-refractivity contribution is -0.331. The minimum atomic E-state index is -1.33. The average molecular weight is 269 g/mol. The maximum absolute atomic E-state index is 11.5. The number of esters is 1. The molecule has 4 heteroatoms. The van der Waals surface area contributed by atoms with E-state index >= 15 is 0 Å². The largest absolute Gasteiger partial charge is 0.453 e. The van der Waals surface area contributed by atoms with Gasteiger partial charge >= 0.3 is 5.97 Å². The molecule has 0 saturated heterocycles. The van der Waals surface area contributed by atoms with Crippen LogP contribution in [0.2, 0.25) is 0 Å². The summed E-state index contributed by atoms with van der Waals surface area (Å²) in [6.45, 7) is 23.8. The second-order valence-electron chi connectivity index (χ2n) is 6.99. The molecule has 0 aromatic heterocycles. The molecular formula is C15H25O4. The molecule has 0 heterocycles. The van der Waals surface area contributed by atoms with Gasteiger partial charge in [0.15, 0.2) is 0 Å². The van der Waals surface area contributed by atoms with Crippen LogP contribution in [0.1, 0.15) is 54.9 Å². The molecular weight excluding hydrogens is 244 g/mol. The van der Waals surface area contributed by atoms with E-state index in [1.165, 1.54) is 13.8 Å². The fourth-order valence-corrected chi connectivity index (χ4v) is 1.79. The number of rotatable bonds is 6. The summed E-state index contributed by atoms with van der Waals surface area (Å²) in [5, 5.41) is 0. The van der Waals surface area contributed by atoms with Crippen LogP contribution in [-0.2, 0) is 19.3 Å². The smallest absolute Gasteiger partial charge is 0.377 e. The molecule has 19 heavy (non-hydrogen) atoms. The first-order chi connectivity index (χ1) is 8.22. The van der Waals surface area contributed by atoms with Crippen LogP contribution in [0.3, 0.4) is 0 Å². The van der Waals surface area contributed by atoms with Crippen LogP contribution in [-0.4, -0.2) is 17.2 Å². The summed E-state index contributed by atoms with van der Waals surface area (Å²) >= 11 is 0. The summed E-state index contributed by atoms with van der Waals surface area (Å²) in [4.78, 5) is 21.7. The van der Waals surface area contributed by atoms with Gasteiger partial charge in [0, 0.05) is 6.92 Å². The predicted molar refractivity (Wildman–Crippen MR) is 72.9 cm³/mol. The summed E-state index contributed by atoms with van der Waals surface area (Å²) in [7, 11) is 0. The zero-order valence-electron chi connectivity index (χ0n) is 13.0. The molecule has 0 rings (SSSR count). The van der Waals surface area contributed by atoms with Crippen LogP contribution in [0.5, 0.6) is 0 Å². The molecule has 0 aliphatic heterocycles. The molecule has 0 spiro atoms. The minimum absolute atomic E-state index is 0.0673. The van der Waals surface area contributed by atoms with Crippen molar-refractivity contribution in [2.45, 2.75) is 66.1 Å². The van der Waals surface area contributed by atoms with Gasteiger partial charge in [-0.3, -0.25) is 0 Å². The van der Waals surface area contributed by atoms with Crippen molar-refractivity contribution < 1.29 is 19.3 Å². The van der Waals surface area contributed by atoms with Crippen LogP contribution in [0.25, 0.3) is 0 Å². The van der Waals surface area contributed by atoms with Crippen molar-refractivity contribution in [3.8, 4) is 0 Å². The Labute approximate surface area is 117 Å². The standard InChI is InChI=1S/C15H25O4/c1-11(12(16)17-14(5,6)7)18-19-15(8,9)10-13(2,3)4/h1,10H2,2-6,8-9H3. The van der Waals surface area contributed by atoms with Gasteiger partial charge in [0.2, 0.25) is 5.76 Å². The molecule has 0 saturated carbocycles. The monoisotopic (exact) mass is 269 g/mol. The Morgan fingerprint density at radius 2 is 1.58 bits per heavy atom. The maximum atomic E-state index is 11.5. The summed E-state index contributed by atoms with van der Waals surface area (Å²) in [6.07, 6.45) is 0.742. The van der Waals surface area contributed by atoms with E-state index < -0.39 is 17.2 Å². The predicted octanol–water partition coefficient (Wildman–Crippen LogP) is 3.57. The zero-order valence-corrected chi connectivity index (χ0v) is 13.0. The Bertz CT molecular complexity index is 329. The van der Waals surface area contributed by atoms with Crippen LogP contribution in [0.4, 0.5) is 0 Å². The van der Waals surface area contributed by atoms with Gasteiger partial charge in [-0.15, -0.1) is 0 Å². The molecule has 0 bridgehead atoms. The molecule has 0 fully saturated rings. The van der Waals surface area contributed by atoms with Crippen LogP contribution < -0.4 is 0 Å². The van der Waals surface area contributed by atoms with Crippen molar-refractivity contribution >= 4 is 5.97 Å². The van der Waals surface area contributed by atoms with Gasteiger partial charge in [0.25, 0.3) is 0 Å². The number of ether oxygens (including phenoxy) is 1. The Kier molecular flexibility index (Phi) is 5.63. The van der Waals surface area contributed by atoms with Crippen molar-refractivity contribution in [3.05, 3.63) is 19.3 Å². The van der Waals surface area contributed by atoms with E-state index in [2.05, 4.69) is 27.4 Å². The number of carbonyl (C=O) groups is 1. The first-order valence-corrected chi connectivity index (χ1v) is 6.25. The fourth-order valence-electron chi connectivity index (χ4n) is 1.79. The third-order valence-electron chi connectivity index (χ3n) is 1.90. The topological polar surface area (TPSA) is 44.8 Å². The Morgan fingerprint density at radius 3 is 1.95 bits per heavy atom. The van der Waals surface area contributed by atoms with E-state index in [0.717, 1.165) is 6.42 Å². The summed E-state index contributed by atoms with van der Waals surface area (Å²) in [5.41, 5.74) is -1.82. The highest BCUT2D eigenvalue weighted by Gasteiger charge is 2.29. The number of carbonyl (C=O) groups excluding carboxylic acids is 1. The van der Waals surface area contributed by atoms with Gasteiger partial charge in [-0.1, -0.05) is 20.8 Å². The molecule has 0 unspecified atom stereocenters. The van der Waals surface area contributed by atoms with Crippen molar-refractivity contribution in [1.29, 1.82) is 0 Å². The molecule has 0 aliphatic carbocycles. The second-order valence-corrected chi connectivity index (χ2v) is 6.99. The van der Waals surface area contributed by atoms with Gasteiger partial charge in [-0.2, -0.15) is 4.89 Å². The van der Waals surface area contributed by atoms with E-state index in [-0.39, 0.29) is 11.2 Å². The zero-order chi connectivity index (χ0) is 15.5. The van der Waals surface area contributed by atoms with Crippen LogP contribution in [0, 0.1) is 12.3 Å². The second kappa shape index (κ2) is 5.95. The van der Waals surface area contributed by atoms with E-state index in [9.17, 15) is 4.79 Å². The van der Waals surface area contributed by atoms with Gasteiger partial charge in [0.05, 0.1) is 0 Å². The van der Waals surface area contributed by atoms with Crippen LogP contribution >= 0.6 is 0 Å². The minimum Gasteiger partial charge on any atom is -0.453 e. The van der Waals surface area contributed by atoms with Crippen molar-refractivity contribution in [2.24, 2.45) is 5.41 Å². The SMILES string of the molecule is [C]C(C)(C)OC(=O)C(=C)OOC(C)(C)CC(C)(C)C. The molecule has 3 radical (unpaired) electrons. The summed E-state index contributed by atoms with van der Waals surface area (Å²) in [5.74, 6) is -1.06. The Hall–Kier alpha value is -1.03. The molecule has 0 aromatic carbocycles. The third kappa shape index (κ3) is 9.54. The highest BCUT2D eigenvalue weighted by molar-refractivity contribution is 5.85. The molecule has 109 valence electrons. The lowest BCUT2D eigenvalue weighted by Crippen LogP contribution is -2.31. The molecule has 0 atom stereocenters. The Balaban J connectivity index is 4.33. The van der Waals surface area contributed by atoms with Crippen LogP contribution in [0.15, 0.2) is 12.3 Å². The highest BCUT2D eigenvalue weighted by atomic mass is 17.2. The first kappa shape index (κ1) is 18.0. The maximum Gasteiger partial charge on any atom is 0.377 e. The van der Waals surface area contributed by atoms with Gasteiger partial charge in [-0.25, -0.2) is 4.79 Å². The molecule has 0 amide bonds. The quantitative estimate of drug-likeness (QED) is 0.243. The van der Waals surface area contributed by atoms with Crippen molar-refractivity contribution in [1.82, 2.24) is 0 Å². The van der Waals surface area contributed by atoms with Crippen molar-refractivity contribution in [3.63, 3.8) is 0 Å². The van der Waals surface area contributed by atoms with E-state index in [4.69, 9.17) is 21.4 Å². The van der Waals surface area contributed by atoms with Gasteiger partial charge in [0.1, 0.15) is 11.2 Å². The highest BCUT2D eigenvalue weighted by Crippen LogP contribution is 2.30. The molecule has 0 aliphatic rings. The molecule has 4 nitrogen and oxygen atoms in total. The summed E-state index contributed by atoms with van der Waals surface area (Å²) in [6, 6.07) is 0. The van der Waals surface area contributed by atoms with E-state index in [1.54, 1.807) is 0 Å². The number of hydrogen-bond acceptors (Lipinski definition) is 4. The molecule has 0 N–H and O–H groups in total. The fraction of sp³-hybridized carbons (Fsp3) is 0.733. The lowest BCUT2D eigenvalue weighted by atomic mass is 9.84. The first-order valence-electron chi connectivity index (χ1n) is 6.25. The molecule has 0 aromatic rings. The van der Waals surface area contributed by atoms with Crippen molar-refractivity contribution in [2.75, 3.05) is 0 Å². The lowest BCUT2D eigenvalue weighted by Gasteiger charge is -2.30. The van der Waals surface area contributed by atoms with E-state index in [0.29, 0.717) is 0 Å². The average Bonchev–Trinajstić information content (AvgIpc) is 2.07. The third-order valence-corrected chi connectivity index (χ3v) is 1.90. The van der Waals surface area contributed by atoms with Gasteiger partial charge < -0.3 is 9.62 Å². The normalized spacial score (nSPS) is 13.1. The van der Waals surface area contributed by atoms with Gasteiger partial charge in [-0.05, 0) is 46.1 Å². The number of hydrogen-bond donors (Lipinski definition) is 0. The van der Waals surface area contributed by atoms with E-state index in [1.807, 2.05) is 13.8 Å². The Morgan fingerprint density at radius 1 is 1.11 bits per heavy atom. The summed E-state index contributed by atoms with van der Waals surface area (Å²) < 4.78 is 4.79.